The van der Waals surface area contributed by atoms with E-state index in [1.807, 2.05) is 18.7 Å². The number of piperazine rings is 1. The van der Waals surface area contributed by atoms with Gasteiger partial charge in [-0.3, -0.25) is 4.79 Å². The zero-order chi connectivity index (χ0) is 30.7. The van der Waals surface area contributed by atoms with Crippen molar-refractivity contribution < 1.29 is 23.0 Å². The van der Waals surface area contributed by atoms with Crippen LogP contribution in [0.2, 0.25) is 0 Å². The molecule has 0 radical (unpaired) electrons. The van der Waals surface area contributed by atoms with E-state index in [1.165, 1.54) is 32.4 Å². The second-order valence-electron chi connectivity index (χ2n) is 9.27. The van der Waals surface area contributed by atoms with Gasteiger partial charge in [0.15, 0.2) is 17.3 Å². The average Bonchev–Trinajstić information content (AvgIpc) is 2.97. The van der Waals surface area contributed by atoms with Gasteiger partial charge in [0.25, 0.3) is 0 Å². The van der Waals surface area contributed by atoms with Gasteiger partial charge in [0.1, 0.15) is 23.2 Å². The van der Waals surface area contributed by atoms with Gasteiger partial charge in [0, 0.05) is 38.0 Å². The minimum Gasteiger partial charge on any atom is -0.493 e. The number of nitrogens with two attached hydrogens (primary N) is 2. The second-order valence-corrected chi connectivity index (χ2v) is 9.27. The molecule has 0 spiro atoms. The Kier molecular flexibility index (Phi) is 12.1. The summed E-state index contributed by atoms with van der Waals surface area (Å²) >= 11 is 0. The number of fused-ring (bicyclic) bond motifs is 1. The number of carbonyl (C=O) groups is 1. The van der Waals surface area contributed by atoms with Crippen LogP contribution in [0.4, 0.5) is 20.5 Å². The first kappa shape index (κ1) is 32.5. The molecule has 1 amide bonds. The predicted octanol–water partition coefficient (Wildman–Crippen LogP) is 3.26. The number of aryl methyl sites for hydroxylation is 1. The fourth-order valence-corrected chi connectivity index (χ4v) is 4.06. The van der Waals surface area contributed by atoms with Crippen LogP contribution in [-0.2, 0) is 11.2 Å². The van der Waals surface area contributed by atoms with E-state index >= 15 is 4.39 Å². The monoisotopic (exact) mass is 567 g/mol. The number of methoxy groups -OCH3 is 2. The maximum absolute atomic E-state index is 15.0. The summed E-state index contributed by atoms with van der Waals surface area (Å²) in [5.41, 5.74) is 11.9. The Balaban J connectivity index is 0.000000902. The molecule has 0 saturated carbocycles. The second kappa shape index (κ2) is 15.2. The van der Waals surface area contributed by atoms with Crippen molar-refractivity contribution in [3.05, 3.63) is 47.0 Å². The molecular formula is C29H35F2N7O3. The summed E-state index contributed by atoms with van der Waals surface area (Å²) in [6.45, 7) is 5.64. The number of benzene rings is 2. The van der Waals surface area contributed by atoms with Crippen LogP contribution in [0.5, 0.6) is 11.5 Å². The Morgan fingerprint density at radius 2 is 1.76 bits per heavy atom. The molecule has 1 saturated heterocycles. The number of rotatable bonds is 6. The van der Waals surface area contributed by atoms with Crippen LogP contribution in [-0.4, -0.2) is 67.2 Å². The molecule has 12 heteroatoms. The molecule has 0 aliphatic carbocycles. The van der Waals surface area contributed by atoms with Crippen molar-refractivity contribution in [1.29, 1.82) is 5.26 Å². The fraction of sp³-hybridized carbons (Fsp3) is 0.379. The largest absolute Gasteiger partial charge is 0.493 e. The first-order chi connectivity index (χ1) is 19.6. The Bertz CT molecular complexity index is 1410. The number of hydrogen-bond acceptors (Lipinski definition) is 9. The molecular weight excluding hydrogens is 532 g/mol. The van der Waals surface area contributed by atoms with Gasteiger partial charge in [-0.15, -0.1) is 12.8 Å². The standard InChI is InChI=1S/C24H24F2N6O3.C3H9N.C2H2/c1-34-18-12-16-21(20(26)22(18)35-2)29-24(30-23(16)28)32-9-7-31(8-10-32)19(33)6-4-14-3-5-17(25)15(11-14)13-27;1-3(2)4;1-2/h3,5,11-12H,4,6-10H2,1-2H3,(H2,28,29,30);3H,4H2,1-2H3;1-2H. The van der Waals surface area contributed by atoms with Gasteiger partial charge in [-0.2, -0.15) is 10.2 Å². The predicted molar refractivity (Wildman–Crippen MR) is 154 cm³/mol. The van der Waals surface area contributed by atoms with Gasteiger partial charge in [-0.25, -0.2) is 13.8 Å². The lowest BCUT2D eigenvalue weighted by Crippen LogP contribution is -2.49. The molecule has 1 aliphatic rings. The lowest BCUT2D eigenvalue weighted by Gasteiger charge is -2.35. The van der Waals surface area contributed by atoms with Crippen molar-refractivity contribution in [2.24, 2.45) is 5.73 Å². The number of ether oxygens (including phenoxy) is 2. The molecule has 41 heavy (non-hydrogen) atoms. The highest BCUT2D eigenvalue weighted by atomic mass is 19.1. The van der Waals surface area contributed by atoms with Crippen molar-refractivity contribution >= 4 is 28.6 Å². The molecule has 3 aromatic rings. The van der Waals surface area contributed by atoms with E-state index < -0.39 is 11.6 Å². The number of nitriles is 1. The third kappa shape index (κ3) is 8.16. The maximum Gasteiger partial charge on any atom is 0.228 e. The lowest BCUT2D eigenvalue weighted by atomic mass is 10.1. The summed E-state index contributed by atoms with van der Waals surface area (Å²) < 4.78 is 38.8. The Morgan fingerprint density at radius 1 is 1.12 bits per heavy atom. The van der Waals surface area contributed by atoms with Gasteiger partial charge in [-0.05, 0) is 36.2 Å². The number of halogens is 2. The van der Waals surface area contributed by atoms with Crippen LogP contribution < -0.4 is 25.8 Å². The van der Waals surface area contributed by atoms with Crippen molar-refractivity contribution in [2.45, 2.75) is 32.7 Å². The van der Waals surface area contributed by atoms with Crippen molar-refractivity contribution in [3.63, 3.8) is 0 Å². The molecule has 0 unspecified atom stereocenters. The molecule has 4 rings (SSSR count). The summed E-state index contributed by atoms with van der Waals surface area (Å²) in [6.07, 6.45) is 8.64. The van der Waals surface area contributed by atoms with Crippen molar-refractivity contribution in [2.75, 3.05) is 51.0 Å². The summed E-state index contributed by atoms with van der Waals surface area (Å²) in [5.74, 6) is -0.809. The highest BCUT2D eigenvalue weighted by Crippen LogP contribution is 2.37. The zero-order valence-corrected chi connectivity index (χ0v) is 23.7. The van der Waals surface area contributed by atoms with Crippen molar-refractivity contribution in [3.8, 4) is 30.4 Å². The third-order valence-electron chi connectivity index (χ3n) is 5.99. The number of carbonyl (C=O) groups excluding carboxylic acids is 1. The number of terminal acetylenes is 1. The average molecular weight is 568 g/mol. The van der Waals surface area contributed by atoms with Crippen molar-refractivity contribution in [1.82, 2.24) is 14.9 Å². The highest BCUT2D eigenvalue weighted by molar-refractivity contribution is 5.92. The summed E-state index contributed by atoms with van der Waals surface area (Å²) in [6, 6.07) is 7.95. The van der Waals surface area contributed by atoms with Gasteiger partial charge < -0.3 is 30.7 Å². The van der Waals surface area contributed by atoms with E-state index in [0.717, 1.165) is 5.56 Å². The molecule has 2 aromatic carbocycles. The third-order valence-corrected chi connectivity index (χ3v) is 5.99. The van der Waals surface area contributed by atoms with E-state index in [0.29, 0.717) is 44.0 Å². The molecule has 4 N–H and O–H groups in total. The maximum atomic E-state index is 15.0. The number of hydrogen-bond donors (Lipinski definition) is 2. The van der Waals surface area contributed by atoms with E-state index in [-0.39, 0.29) is 46.7 Å². The van der Waals surface area contributed by atoms with Gasteiger partial charge in [0.05, 0.1) is 19.8 Å². The molecule has 10 nitrogen and oxygen atoms in total. The van der Waals surface area contributed by atoms with Crippen LogP contribution >= 0.6 is 0 Å². The Morgan fingerprint density at radius 3 is 2.32 bits per heavy atom. The quantitative estimate of drug-likeness (QED) is 0.429. The highest BCUT2D eigenvalue weighted by Gasteiger charge is 2.25. The van der Waals surface area contributed by atoms with Gasteiger partial charge >= 0.3 is 0 Å². The van der Waals surface area contributed by atoms with E-state index in [9.17, 15) is 9.18 Å². The number of amides is 1. The summed E-state index contributed by atoms with van der Waals surface area (Å²) in [5, 5.41) is 9.28. The van der Waals surface area contributed by atoms with E-state index in [4.69, 9.17) is 26.2 Å². The minimum absolute atomic E-state index is 0.0275. The normalized spacial score (nSPS) is 12.5. The van der Waals surface area contributed by atoms with Gasteiger partial charge in [-0.1, -0.05) is 19.9 Å². The SMILES string of the molecule is C#C.CC(C)N.COc1cc2c(N)nc(N3CCN(C(=O)CCc4ccc(F)c(C#N)c4)CC3)nc2c(F)c1OC. The van der Waals surface area contributed by atoms with Crippen LogP contribution in [0.25, 0.3) is 10.9 Å². The minimum atomic E-state index is -0.689. The topological polar surface area (TPSA) is 144 Å². The van der Waals surface area contributed by atoms with Crippen LogP contribution in [0.3, 0.4) is 0 Å². The van der Waals surface area contributed by atoms with Gasteiger partial charge in [0.2, 0.25) is 11.9 Å². The van der Waals surface area contributed by atoms with Crippen LogP contribution in [0.15, 0.2) is 24.3 Å². The smallest absolute Gasteiger partial charge is 0.228 e. The molecule has 1 aliphatic heterocycles. The first-order valence-electron chi connectivity index (χ1n) is 12.8. The molecule has 1 aromatic heterocycles. The number of anilines is 2. The molecule has 1 fully saturated rings. The molecule has 218 valence electrons. The summed E-state index contributed by atoms with van der Waals surface area (Å²) in [4.78, 5) is 25.0. The number of nitrogen functional groups attached to an aromatic ring is 1. The zero-order valence-electron chi connectivity index (χ0n) is 23.7. The number of aromatic nitrogens is 2. The Hall–Kier alpha value is -4.68. The first-order valence-corrected chi connectivity index (χ1v) is 12.8. The lowest BCUT2D eigenvalue weighted by molar-refractivity contribution is -0.131. The molecule has 2 heterocycles. The summed E-state index contributed by atoms with van der Waals surface area (Å²) in [7, 11) is 2.74. The fourth-order valence-electron chi connectivity index (χ4n) is 4.06. The van der Waals surface area contributed by atoms with Crippen LogP contribution in [0, 0.1) is 35.8 Å². The number of nitrogens with zero attached hydrogens (tertiary/aromatic N) is 5. The molecule has 0 atom stereocenters. The molecule has 0 bridgehead atoms. The van der Waals surface area contributed by atoms with Crippen LogP contribution in [0.1, 0.15) is 31.4 Å². The Labute approximate surface area is 238 Å². The van der Waals surface area contributed by atoms with E-state index in [2.05, 4.69) is 22.8 Å². The van der Waals surface area contributed by atoms with E-state index in [1.54, 1.807) is 17.0 Å².